The number of rotatable bonds is 15. The molecule has 2 rings (SSSR count). The molecule has 0 spiro atoms. The van der Waals surface area contributed by atoms with Crippen LogP contribution in [0.15, 0.2) is 24.3 Å². The summed E-state index contributed by atoms with van der Waals surface area (Å²) in [5.74, 6) is 1.35. The van der Waals surface area contributed by atoms with E-state index in [2.05, 4.69) is 23.8 Å². The van der Waals surface area contributed by atoms with Gasteiger partial charge in [-0.15, -0.1) is 0 Å². The van der Waals surface area contributed by atoms with Crippen molar-refractivity contribution in [3.8, 4) is 0 Å². The Morgan fingerprint density at radius 2 is 0.974 bits per heavy atom. The first kappa shape index (κ1) is 31.6. The average Bonchev–Trinajstić information content (AvgIpc) is 2.91. The van der Waals surface area contributed by atoms with Crippen molar-refractivity contribution in [2.75, 3.05) is 39.3 Å². The van der Waals surface area contributed by atoms with E-state index in [0.717, 1.165) is 90.4 Å². The highest BCUT2D eigenvalue weighted by atomic mass is 16.2. The van der Waals surface area contributed by atoms with Crippen LogP contribution in [0.25, 0.3) is 0 Å². The minimum absolute atomic E-state index is 0.0466. The van der Waals surface area contributed by atoms with E-state index in [1.54, 1.807) is 13.8 Å². The van der Waals surface area contributed by atoms with E-state index in [1.165, 1.54) is 0 Å². The van der Waals surface area contributed by atoms with Crippen molar-refractivity contribution in [1.82, 2.24) is 20.4 Å². The van der Waals surface area contributed by atoms with Crippen LogP contribution in [0.4, 0.5) is 0 Å². The zero-order valence-corrected chi connectivity index (χ0v) is 23.8. The summed E-state index contributed by atoms with van der Waals surface area (Å²) in [6.45, 7) is 15.4. The van der Waals surface area contributed by atoms with E-state index in [0.29, 0.717) is 48.9 Å². The van der Waals surface area contributed by atoms with Crippen molar-refractivity contribution in [2.24, 2.45) is 11.8 Å². The maximum atomic E-state index is 12.2. The Morgan fingerprint density at radius 3 is 1.29 bits per heavy atom. The van der Waals surface area contributed by atoms with E-state index in [-0.39, 0.29) is 23.6 Å². The second-order valence-corrected chi connectivity index (χ2v) is 11.2. The minimum Gasteiger partial charge on any atom is -0.356 e. The first-order valence-corrected chi connectivity index (χ1v) is 14.6. The lowest BCUT2D eigenvalue weighted by Gasteiger charge is -2.32. The average molecular weight is 531 g/mol. The Balaban J connectivity index is 1.39. The van der Waals surface area contributed by atoms with Crippen molar-refractivity contribution in [1.29, 1.82) is 0 Å². The zero-order valence-electron chi connectivity index (χ0n) is 23.8. The van der Waals surface area contributed by atoms with Gasteiger partial charge in [-0.25, -0.2) is 0 Å². The summed E-state index contributed by atoms with van der Waals surface area (Å²) in [4.78, 5) is 52.0. The molecule has 2 heterocycles. The zero-order chi connectivity index (χ0) is 27.9. The van der Waals surface area contributed by atoms with Crippen LogP contribution in [0.2, 0.25) is 0 Å². The molecule has 2 saturated heterocycles. The van der Waals surface area contributed by atoms with Crippen molar-refractivity contribution in [3.63, 3.8) is 0 Å². The Morgan fingerprint density at radius 1 is 0.632 bits per heavy atom. The Labute approximate surface area is 229 Å². The molecule has 2 fully saturated rings. The first-order chi connectivity index (χ1) is 18.2. The number of nitrogens with one attached hydrogen (secondary N) is 2. The molecule has 0 saturated carbocycles. The number of likely N-dealkylation sites (tertiary alicyclic amines) is 2. The van der Waals surface area contributed by atoms with E-state index >= 15 is 0 Å². The Kier molecular flexibility index (Phi) is 14.2. The number of hydrogen-bond acceptors (Lipinski definition) is 4. The highest BCUT2D eigenvalue weighted by Gasteiger charge is 2.24. The van der Waals surface area contributed by atoms with Gasteiger partial charge in [0.2, 0.25) is 23.6 Å². The summed E-state index contributed by atoms with van der Waals surface area (Å²) in [6.07, 6.45) is 10.7. The number of amides is 4. The summed E-state index contributed by atoms with van der Waals surface area (Å²) in [7, 11) is 0. The molecule has 0 aromatic rings. The molecule has 0 unspecified atom stereocenters. The Hall–Kier alpha value is -2.64. The van der Waals surface area contributed by atoms with Gasteiger partial charge in [-0.05, 0) is 77.0 Å². The van der Waals surface area contributed by atoms with Crippen molar-refractivity contribution in [3.05, 3.63) is 24.3 Å². The van der Waals surface area contributed by atoms with Gasteiger partial charge >= 0.3 is 0 Å². The number of carbonyl (C=O) groups is 4. The highest BCUT2D eigenvalue weighted by molar-refractivity contribution is 5.92. The predicted molar refractivity (Wildman–Crippen MR) is 151 cm³/mol. The predicted octanol–water partition coefficient (Wildman–Crippen LogP) is 3.97. The topological polar surface area (TPSA) is 98.8 Å². The van der Waals surface area contributed by atoms with Gasteiger partial charge in [0, 0.05) is 63.3 Å². The van der Waals surface area contributed by atoms with Gasteiger partial charge in [0.05, 0.1) is 0 Å². The van der Waals surface area contributed by atoms with Crippen LogP contribution in [-0.4, -0.2) is 72.7 Å². The molecule has 8 nitrogen and oxygen atoms in total. The third-order valence-electron chi connectivity index (χ3n) is 7.84. The standard InChI is InChI=1S/C30H50N4O4/c1-23(2)29(37)33-19-13-25(14-20-33)9-11-27(35)31-17-7-5-6-8-18-32-28(36)12-10-26-15-21-34(22-16-26)30(38)24(3)4/h25-26H,1,3,5-22H2,2,4H3,(H,31,35)(H,32,36). The maximum absolute atomic E-state index is 12.2. The van der Waals surface area contributed by atoms with Crippen LogP contribution in [0.3, 0.4) is 0 Å². The minimum atomic E-state index is 0.0466. The van der Waals surface area contributed by atoms with Gasteiger partial charge in [-0.1, -0.05) is 26.0 Å². The van der Waals surface area contributed by atoms with Crippen LogP contribution >= 0.6 is 0 Å². The quantitative estimate of drug-likeness (QED) is 0.247. The van der Waals surface area contributed by atoms with Crippen LogP contribution in [-0.2, 0) is 19.2 Å². The van der Waals surface area contributed by atoms with Gasteiger partial charge in [-0.2, -0.15) is 0 Å². The lowest BCUT2D eigenvalue weighted by Crippen LogP contribution is -2.39. The van der Waals surface area contributed by atoms with E-state index in [1.807, 2.05) is 9.80 Å². The fourth-order valence-corrected chi connectivity index (χ4v) is 5.30. The molecule has 0 bridgehead atoms. The first-order valence-electron chi connectivity index (χ1n) is 14.6. The molecule has 8 heteroatoms. The van der Waals surface area contributed by atoms with Crippen LogP contribution in [0.5, 0.6) is 0 Å². The fourth-order valence-electron chi connectivity index (χ4n) is 5.30. The van der Waals surface area contributed by atoms with Gasteiger partial charge in [-0.3, -0.25) is 19.2 Å². The number of nitrogens with zero attached hydrogens (tertiary/aromatic N) is 2. The molecule has 0 radical (unpaired) electrons. The molecule has 0 aromatic heterocycles. The normalized spacial score (nSPS) is 16.7. The molecule has 2 N–H and O–H groups in total. The number of carbonyl (C=O) groups excluding carboxylic acids is 4. The largest absolute Gasteiger partial charge is 0.356 e. The molecule has 2 aliphatic rings. The molecule has 38 heavy (non-hydrogen) atoms. The molecular weight excluding hydrogens is 480 g/mol. The Bertz CT molecular complexity index is 756. The van der Waals surface area contributed by atoms with Crippen molar-refractivity contribution >= 4 is 23.6 Å². The van der Waals surface area contributed by atoms with Crippen LogP contribution < -0.4 is 10.6 Å². The maximum Gasteiger partial charge on any atom is 0.248 e. The van der Waals surface area contributed by atoms with Gasteiger partial charge in [0.1, 0.15) is 0 Å². The summed E-state index contributed by atoms with van der Waals surface area (Å²) < 4.78 is 0. The summed E-state index contributed by atoms with van der Waals surface area (Å²) >= 11 is 0. The lowest BCUT2D eigenvalue weighted by molar-refractivity contribution is -0.129. The monoisotopic (exact) mass is 530 g/mol. The second-order valence-electron chi connectivity index (χ2n) is 11.2. The summed E-state index contributed by atoms with van der Waals surface area (Å²) in [6, 6.07) is 0. The summed E-state index contributed by atoms with van der Waals surface area (Å²) in [5.41, 5.74) is 1.18. The number of unbranched alkanes of at least 4 members (excludes halogenated alkanes) is 3. The number of hydrogen-bond donors (Lipinski definition) is 2. The molecule has 2 aliphatic heterocycles. The van der Waals surface area contributed by atoms with Gasteiger partial charge in [0.25, 0.3) is 0 Å². The van der Waals surface area contributed by atoms with Crippen molar-refractivity contribution < 1.29 is 19.2 Å². The smallest absolute Gasteiger partial charge is 0.248 e. The molecular formula is C30H50N4O4. The second kappa shape index (κ2) is 17.0. The molecule has 0 atom stereocenters. The van der Waals surface area contributed by atoms with Crippen LogP contribution in [0, 0.1) is 11.8 Å². The summed E-state index contributed by atoms with van der Waals surface area (Å²) in [5, 5.41) is 6.05. The fraction of sp³-hybridized carbons (Fsp3) is 0.733. The SMILES string of the molecule is C=C(C)C(=O)N1CCC(CCC(=O)NCCCCCCNC(=O)CCC2CCN(C(=O)C(=C)C)CC2)CC1. The molecule has 4 amide bonds. The van der Waals surface area contributed by atoms with Gasteiger partial charge in [0.15, 0.2) is 0 Å². The van der Waals surface area contributed by atoms with E-state index in [9.17, 15) is 19.2 Å². The lowest BCUT2D eigenvalue weighted by atomic mass is 9.92. The van der Waals surface area contributed by atoms with E-state index in [4.69, 9.17) is 0 Å². The van der Waals surface area contributed by atoms with Crippen molar-refractivity contribution in [2.45, 2.75) is 90.9 Å². The third kappa shape index (κ3) is 11.8. The van der Waals surface area contributed by atoms with Crippen LogP contribution in [0.1, 0.15) is 90.9 Å². The molecule has 214 valence electrons. The molecule has 0 aliphatic carbocycles. The number of piperidine rings is 2. The highest BCUT2D eigenvalue weighted by Crippen LogP contribution is 2.23. The van der Waals surface area contributed by atoms with Gasteiger partial charge < -0.3 is 20.4 Å². The molecule has 0 aromatic carbocycles. The third-order valence-corrected chi connectivity index (χ3v) is 7.84. The van der Waals surface area contributed by atoms with E-state index < -0.39 is 0 Å².